The van der Waals surface area contributed by atoms with Crippen LogP contribution in [0, 0.1) is 0 Å². The van der Waals surface area contributed by atoms with Crippen molar-refractivity contribution >= 4 is 35.3 Å². The molecule has 0 aromatic carbocycles. The Bertz CT molecular complexity index is 514. The number of thioether (sulfide) groups is 2. The maximum Gasteiger partial charge on any atom is 0.291 e. The molecular weight excluding hydrogens is 308 g/mol. The quantitative estimate of drug-likeness (QED) is 0.777. The van der Waals surface area contributed by atoms with Gasteiger partial charge in [0.2, 0.25) is 5.91 Å². The fraction of sp³-hybridized carbons (Fsp3) is 0.571. The molecule has 0 unspecified atom stereocenters. The molecule has 5 nitrogen and oxygen atoms in total. The van der Waals surface area contributed by atoms with E-state index in [1.165, 1.54) is 11.8 Å². The Labute approximate surface area is 133 Å². The highest BCUT2D eigenvalue weighted by atomic mass is 32.2. The van der Waals surface area contributed by atoms with Gasteiger partial charge in [-0.1, -0.05) is 11.8 Å². The molecule has 0 saturated carbocycles. The van der Waals surface area contributed by atoms with Crippen molar-refractivity contribution in [1.29, 1.82) is 0 Å². The van der Waals surface area contributed by atoms with E-state index in [4.69, 9.17) is 4.42 Å². The highest BCUT2D eigenvalue weighted by molar-refractivity contribution is 7.99. The standard InChI is InChI=1S/C14H20N2O3S2/c1-4-15(5-2)13(17)10-8-21-9-16(10)14(18)11-6-7-12(19-11)20-3/h6-7,10H,4-5,8-9H2,1-3H3/t10-/m1/s1. The molecule has 2 heterocycles. The van der Waals surface area contributed by atoms with Gasteiger partial charge in [-0.2, -0.15) is 0 Å². The highest BCUT2D eigenvalue weighted by Gasteiger charge is 2.37. The summed E-state index contributed by atoms with van der Waals surface area (Å²) in [5.41, 5.74) is 0. The maximum atomic E-state index is 12.5. The molecular formula is C14H20N2O3S2. The van der Waals surface area contributed by atoms with Crippen molar-refractivity contribution < 1.29 is 14.0 Å². The Kier molecular flexibility index (Phi) is 5.64. The van der Waals surface area contributed by atoms with Crippen LogP contribution in [-0.2, 0) is 4.79 Å². The summed E-state index contributed by atoms with van der Waals surface area (Å²) in [6.45, 7) is 5.23. The predicted octanol–water partition coefficient (Wildman–Crippen LogP) is 2.39. The molecule has 1 aliphatic heterocycles. The Hall–Kier alpha value is -1.08. The summed E-state index contributed by atoms with van der Waals surface area (Å²) in [6.07, 6.45) is 1.89. The van der Waals surface area contributed by atoms with Crippen LogP contribution in [0.4, 0.5) is 0 Å². The first-order valence-electron chi connectivity index (χ1n) is 6.93. The monoisotopic (exact) mass is 328 g/mol. The summed E-state index contributed by atoms with van der Waals surface area (Å²) >= 11 is 3.05. The van der Waals surface area contributed by atoms with Gasteiger partial charge in [-0.25, -0.2) is 0 Å². The summed E-state index contributed by atoms with van der Waals surface area (Å²) in [5.74, 6) is 1.31. The van der Waals surface area contributed by atoms with E-state index in [2.05, 4.69) is 0 Å². The summed E-state index contributed by atoms with van der Waals surface area (Å²) in [4.78, 5) is 28.4. The number of carbonyl (C=O) groups excluding carboxylic acids is 2. The number of hydrogen-bond acceptors (Lipinski definition) is 5. The van der Waals surface area contributed by atoms with Crippen LogP contribution in [0.5, 0.6) is 0 Å². The van der Waals surface area contributed by atoms with Crippen molar-refractivity contribution in [2.24, 2.45) is 0 Å². The zero-order valence-electron chi connectivity index (χ0n) is 12.5. The van der Waals surface area contributed by atoms with Crippen molar-refractivity contribution in [3.63, 3.8) is 0 Å². The molecule has 21 heavy (non-hydrogen) atoms. The van der Waals surface area contributed by atoms with Crippen LogP contribution in [0.25, 0.3) is 0 Å². The molecule has 1 aromatic heterocycles. The van der Waals surface area contributed by atoms with E-state index >= 15 is 0 Å². The fourth-order valence-corrected chi connectivity index (χ4v) is 3.80. The Morgan fingerprint density at radius 2 is 2.14 bits per heavy atom. The lowest BCUT2D eigenvalue weighted by Gasteiger charge is -2.27. The van der Waals surface area contributed by atoms with Gasteiger partial charge < -0.3 is 14.2 Å². The average molecular weight is 328 g/mol. The zero-order valence-corrected chi connectivity index (χ0v) is 14.1. The van der Waals surface area contributed by atoms with Gasteiger partial charge in [0.25, 0.3) is 5.91 Å². The maximum absolute atomic E-state index is 12.5. The molecule has 1 atom stereocenters. The van der Waals surface area contributed by atoms with Gasteiger partial charge in [0.05, 0.1) is 5.88 Å². The Morgan fingerprint density at radius 3 is 2.71 bits per heavy atom. The van der Waals surface area contributed by atoms with Crippen LogP contribution >= 0.6 is 23.5 Å². The number of likely N-dealkylation sites (N-methyl/N-ethyl adjacent to an activating group) is 1. The van der Waals surface area contributed by atoms with Crippen LogP contribution in [0.15, 0.2) is 21.6 Å². The summed E-state index contributed by atoms with van der Waals surface area (Å²) in [7, 11) is 0. The number of carbonyl (C=O) groups is 2. The van der Waals surface area contributed by atoms with Gasteiger partial charge >= 0.3 is 0 Å². The lowest BCUT2D eigenvalue weighted by atomic mass is 10.2. The van der Waals surface area contributed by atoms with Gasteiger partial charge in [-0.05, 0) is 32.2 Å². The zero-order chi connectivity index (χ0) is 15.4. The molecule has 2 amide bonds. The van der Waals surface area contributed by atoms with Crippen molar-refractivity contribution in [1.82, 2.24) is 9.80 Å². The third-order valence-electron chi connectivity index (χ3n) is 3.50. The van der Waals surface area contributed by atoms with Crippen molar-refractivity contribution in [2.45, 2.75) is 25.0 Å². The minimum absolute atomic E-state index is 0.0231. The SMILES string of the molecule is CCN(CC)C(=O)[C@H]1CSCN1C(=O)c1ccc(SC)o1. The third-order valence-corrected chi connectivity index (χ3v) is 5.13. The molecule has 1 aliphatic rings. The van der Waals surface area contributed by atoms with E-state index in [0.29, 0.717) is 35.6 Å². The first-order chi connectivity index (χ1) is 10.1. The minimum Gasteiger partial charge on any atom is -0.445 e. The van der Waals surface area contributed by atoms with Crippen LogP contribution in [0.2, 0.25) is 0 Å². The Balaban J connectivity index is 2.14. The van der Waals surface area contributed by atoms with Crippen LogP contribution in [0.1, 0.15) is 24.4 Å². The second-order valence-corrected chi connectivity index (χ2v) is 6.43. The number of furan rings is 1. The van der Waals surface area contributed by atoms with Gasteiger partial charge in [-0.3, -0.25) is 9.59 Å². The lowest BCUT2D eigenvalue weighted by molar-refractivity contribution is -0.134. The lowest BCUT2D eigenvalue weighted by Crippen LogP contribution is -2.48. The van der Waals surface area contributed by atoms with E-state index in [-0.39, 0.29) is 17.9 Å². The second-order valence-electron chi connectivity index (χ2n) is 4.62. The van der Waals surface area contributed by atoms with Gasteiger partial charge in [0, 0.05) is 18.8 Å². The molecule has 0 spiro atoms. The van der Waals surface area contributed by atoms with Crippen molar-refractivity contribution in [3.05, 3.63) is 17.9 Å². The topological polar surface area (TPSA) is 53.8 Å². The van der Waals surface area contributed by atoms with E-state index in [9.17, 15) is 9.59 Å². The predicted molar refractivity (Wildman–Crippen MR) is 85.7 cm³/mol. The van der Waals surface area contributed by atoms with Crippen LogP contribution in [-0.4, -0.2) is 58.6 Å². The molecule has 0 bridgehead atoms. The van der Waals surface area contributed by atoms with E-state index in [1.54, 1.807) is 33.7 Å². The molecule has 1 saturated heterocycles. The van der Waals surface area contributed by atoms with Gasteiger partial charge in [0.1, 0.15) is 6.04 Å². The normalized spacial score (nSPS) is 18.0. The highest BCUT2D eigenvalue weighted by Crippen LogP contribution is 2.26. The first kappa shape index (κ1) is 16.3. The van der Waals surface area contributed by atoms with Crippen LogP contribution in [0.3, 0.4) is 0 Å². The molecule has 0 aliphatic carbocycles. The van der Waals surface area contributed by atoms with E-state index in [1.807, 2.05) is 20.1 Å². The largest absolute Gasteiger partial charge is 0.445 e. The molecule has 2 rings (SSSR count). The molecule has 1 aromatic rings. The molecule has 0 N–H and O–H groups in total. The number of amides is 2. The first-order valence-corrected chi connectivity index (χ1v) is 9.31. The van der Waals surface area contributed by atoms with E-state index in [0.717, 1.165) is 0 Å². The molecule has 116 valence electrons. The minimum atomic E-state index is -0.384. The summed E-state index contributed by atoms with van der Waals surface area (Å²) < 4.78 is 5.49. The summed E-state index contributed by atoms with van der Waals surface area (Å²) in [5, 5.41) is 0.705. The molecule has 0 radical (unpaired) electrons. The van der Waals surface area contributed by atoms with Crippen LogP contribution < -0.4 is 0 Å². The second kappa shape index (κ2) is 7.26. The fourth-order valence-electron chi connectivity index (χ4n) is 2.28. The number of rotatable bonds is 5. The van der Waals surface area contributed by atoms with Gasteiger partial charge in [-0.15, -0.1) is 11.8 Å². The van der Waals surface area contributed by atoms with E-state index < -0.39 is 0 Å². The number of nitrogens with zero attached hydrogens (tertiary/aromatic N) is 2. The van der Waals surface area contributed by atoms with Gasteiger partial charge in [0.15, 0.2) is 10.9 Å². The molecule has 1 fully saturated rings. The molecule has 7 heteroatoms. The third kappa shape index (κ3) is 3.40. The van der Waals surface area contributed by atoms with Crippen molar-refractivity contribution in [3.8, 4) is 0 Å². The Morgan fingerprint density at radius 1 is 1.43 bits per heavy atom. The average Bonchev–Trinajstić information content (AvgIpc) is 3.16. The number of hydrogen-bond donors (Lipinski definition) is 0. The smallest absolute Gasteiger partial charge is 0.291 e. The summed E-state index contributed by atoms with van der Waals surface area (Å²) in [6, 6.07) is 3.07. The van der Waals surface area contributed by atoms with Crippen molar-refractivity contribution in [2.75, 3.05) is 31.0 Å².